The van der Waals surface area contributed by atoms with E-state index in [1.165, 1.54) is 51.4 Å². The Labute approximate surface area is 168 Å². The third-order valence-electron chi connectivity index (χ3n) is 9.68. The fraction of sp³-hybridized carbons (Fsp3) is 0.923. The summed E-state index contributed by atoms with van der Waals surface area (Å²) in [6, 6.07) is 0. The molecule has 27 heavy (non-hydrogen) atoms. The summed E-state index contributed by atoms with van der Waals surface area (Å²) in [4.78, 5) is 0. The Morgan fingerprint density at radius 1 is 0.926 bits per heavy atom. The minimum atomic E-state index is 0.00555. The second-order valence-electron chi connectivity index (χ2n) is 11.5. The van der Waals surface area contributed by atoms with Crippen molar-refractivity contribution < 1.29 is 5.11 Å². The van der Waals surface area contributed by atoms with Crippen molar-refractivity contribution in [1.82, 2.24) is 0 Å². The van der Waals surface area contributed by atoms with Crippen molar-refractivity contribution in [1.29, 1.82) is 0 Å². The van der Waals surface area contributed by atoms with Crippen LogP contribution in [0.25, 0.3) is 0 Å². The molecular formula is C26H44O. The Morgan fingerprint density at radius 2 is 1.70 bits per heavy atom. The second-order valence-corrected chi connectivity index (χ2v) is 11.5. The van der Waals surface area contributed by atoms with Crippen molar-refractivity contribution in [2.75, 3.05) is 0 Å². The zero-order valence-corrected chi connectivity index (χ0v) is 18.4. The maximum atomic E-state index is 10.1. The van der Waals surface area contributed by atoms with Gasteiger partial charge in [0.1, 0.15) is 0 Å². The van der Waals surface area contributed by atoms with Crippen LogP contribution >= 0.6 is 0 Å². The van der Waals surface area contributed by atoms with Gasteiger partial charge in [0.05, 0.1) is 6.10 Å². The molecule has 0 aromatic rings. The van der Waals surface area contributed by atoms with Gasteiger partial charge < -0.3 is 5.11 Å². The molecular weight excluding hydrogens is 328 g/mol. The highest BCUT2D eigenvalue weighted by Gasteiger charge is 2.57. The van der Waals surface area contributed by atoms with Gasteiger partial charge in [0.25, 0.3) is 0 Å². The predicted molar refractivity (Wildman–Crippen MR) is 114 cm³/mol. The number of aliphatic hydroxyl groups is 1. The van der Waals surface area contributed by atoms with E-state index in [9.17, 15) is 5.11 Å². The van der Waals surface area contributed by atoms with E-state index in [2.05, 4.69) is 39.8 Å². The summed E-state index contributed by atoms with van der Waals surface area (Å²) in [5, 5.41) is 10.1. The molecule has 4 rings (SSSR count). The summed E-state index contributed by atoms with van der Waals surface area (Å²) < 4.78 is 0. The van der Waals surface area contributed by atoms with Gasteiger partial charge in [0.15, 0.2) is 0 Å². The topological polar surface area (TPSA) is 20.2 Å². The molecule has 4 fully saturated rings. The normalized spacial score (nSPS) is 48.3. The number of allylic oxidation sites excluding steroid dienone is 2. The summed E-state index contributed by atoms with van der Waals surface area (Å²) in [7, 11) is 0. The average molecular weight is 373 g/mol. The molecule has 0 aromatic heterocycles. The summed E-state index contributed by atoms with van der Waals surface area (Å²) in [6.45, 7) is 9.82. The Balaban J connectivity index is 1.46. The number of aliphatic hydroxyl groups excluding tert-OH is 1. The quantitative estimate of drug-likeness (QED) is 0.535. The fourth-order valence-corrected chi connectivity index (χ4v) is 8.43. The molecule has 0 heterocycles. The zero-order chi connectivity index (χ0) is 19.2. The van der Waals surface area contributed by atoms with Crippen LogP contribution in [0.1, 0.15) is 91.9 Å². The molecule has 0 amide bonds. The zero-order valence-electron chi connectivity index (χ0n) is 18.4. The van der Waals surface area contributed by atoms with Crippen molar-refractivity contribution in [2.45, 2.75) is 98.0 Å². The maximum Gasteiger partial charge on any atom is 0.0543 e. The first-order chi connectivity index (χ1) is 12.9. The molecule has 154 valence electrons. The molecule has 0 radical (unpaired) electrons. The molecule has 0 spiro atoms. The molecule has 1 heteroatoms. The monoisotopic (exact) mass is 372 g/mol. The van der Waals surface area contributed by atoms with Crippen LogP contribution in [-0.2, 0) is 0 Å². The lowest BCUT2D eigenvalue weighted by atomic mass is 9.49. The van der Waals surface area contributed by atoms with E-state index in [1.54, 1.807) is 0 Å². The van der Waals surface area contributed by atoms with Gasteiger partial charge >= 0.3 is 0 Å². The van der Waals surface area contributed by atoms with Crippen LogP contribution < -0.4 is 0 Å². The van der Waals surface area contributed by atoms with E-state index < -0.39 is 0 Å². The van der Waals surface area contributed by atoms with Crippen LogP contribution in [0.4, 0.5) is 0 Å². The van der Waals surface area contributed by atoms with Crippen molar-refractivity contribution in [3.63, 3.8) is 0 Å². The third-order valence-corrected chi connectivity index (χ3v) is 9.68. The van der Waals surface area contributed by atoms with Gasteiger partial charge in [-0.1, -0.05) is 39.8 Å². The molecule has 4 saturated carbocycles. The largest absolute Gasteiger partial charge is 0.393 e. The Bertz CT molecular complexity index is 536. The third kappa shape index (κ3) is 3.67. The van der Waals surface area contributed by atoms with E-state index in [1.807, 2.05) is 0 Å². The lowest BCUT2D eigenvalue weighted by molar-refractivity contribution is -0.0800. The van der Waals surface area contributed by atoms with Crippen LogP contribution in [0.5, 0.6) is 0 Å². The van der Waals surface area contributed by atoms with E-state index in [0.717, 1.165) is 60.2 Å². The van der Waals surface area contributed by atoms with Gasteiger partial charge in [0, 0.05) is 0 Å². The Kier molecular flexibility index (Phi) is 5.81. The molecule has 1 N–H and O–H groups in total. The molecule has 9 atom stereocenters. The summed E-state index contributed by atoms with van der Waals surface area (Å²) >= 11 is 0. The van der Waals surface area contributed by atoms with Crippen molar-refractivity contribution in [2.24, 2.45) is 52.8 Å². The van der Waals surface area contributed by atoms with Crippen LogP contribution in [0, 0.1) is 52.8 Å². The molecule has 0 bridgehead atoms. The molecule has 4 aliphatic rings. The van der Waals surface area contributed by atoms with Gasteiger partial charge in [-0.3, -0.25) is 0 Å². The van der Waals surface area contributed by atoms with E-state index in [-0.39, 0.29) is 6.10 Å². The van der Waals surface area contributed by atoms with E-state index in [0.29, 0.717) is 5.41 Å². The lowest BCUT2D eigenvalue weighted by Gasteiger charge is -2.56. The van der Waals surface area contributed by atoms with Gasteiger partial charge in [0.2, 0.25) is 0 Å². The van der Waals surface area contributed by atoms with E-state index in [4.69, 9.17) is 0 Å². The van der Waals surface area contributed by atoms with Crippen molar-refractivity contribution in [3.8, 4) is 0 Å². The number of fused-ring (bicyclic) bond motifs is 5. The Hall–Kier alpha value is -0.300. The molecule has 1 nitrogen and oxygen atoms in total. The van der Waals surface area contributed by atoms with Crippen LogP contribution in [-0.4, -0.2) is 11.2 Å². The highest BCUT2D eigenvalue weighted by Crippen LogP contribution is 2.65. The first-order valence-corrected chi connectivity index (χ1v) is 12.2. The lowest BCUT2D eigenvalue weighted by Crippen LogP contribution is -2.49. The molecule has 0 saturated heterocycles. The maximum absolute atomic E-state index is 10.1. The Morgan fingerprint density at radius 3 is 2.48 bits per heavy atom. The average Bonchev–Trinajstić information content (AvgIpc) is 2.98. The molecule has 0 aromatic carbocycles. The fourth-order valence-electron chi connectivity index (χ4n) is 8.43. The van der Waals surface area contributed by atoms with Crippen LogP contribution in [0.15, 0.2) is 12.2 Å². The number of rotatable bonds is 4. The highest BCUT2D eigenvalue weighted by molar-refractivity contribution is 5.08. The van der Waals surface area contributed by atoms with Gasteiger partial charge in [-0.2, -0.15) is 0 Å². The van der Waals surface area contributed by atoms with E-state index >= 15 is 0 Å². The number of hydrogen-bond donors (Lipinski definition) is 1. The minimum absolute atomic E-state index is 0.00555. The van der Waals surface area contributed by atoms with Crippen molar-refractivity contribution >= 4 is 0 Å². The SMILES string of the molecule is CC(C)CC=CC(C)C1CCC2C3CCC4CC(O)CCC4C3CCC12C. The second kappa shape index (κ2) is 7.85. The summed E-state index contributed by atoms with van der Waals surface area (Å²) in [6.07, 6.45) is 18.5. The summed E-state index contributed by atoms with van der Waals surface area (Å²) in [5.41, 5.74) is 0.587. The molecule has 9 unspecified atom stereocenters. The van der Waals surface area contributed by atoms with Crippen LogP contribution in [0.3, 0.4) is 0 Å². The van der Waals surface area contributed by atoms with Crippen LogP contribution in [0.2, 0.25) is 0 Å². The van der Waals surface area contributed by atoms with Gasteiger partial charge in [-0.15, -0.1) is 0 Å². The molecule has 4 aliphatic carbocycles. The van der Waals surface area contributed by atoms with Crippen molar-refractivity contribution in [3.05, 3.63) is 12.2 Å². The smallest absolute Gasteiger partial charge is 0.0543 e. The molecule has 0 aliphatic heterocycles. The minimum Gasteiger partial charge on any atom is -0.393 e. The first kappa shape index (κ1) is 20.0. The number of hydrogen-bond acceptors (Lipinski definition) is 1. The predicted octanol–water partition coefficient (Wildman–Crippen LogP) is 6.85. The summed E-state index contributed by atoms with van der Waals surface area (Å²) in [5.74, 6) is 7.18. The standard InChI is InChI=1S/C26H44O/c1-17(2)6-5-7-18(3)24-12-13-25-23-10-8-19-16-20(27)9-11-21(19)22(23)14-15-26(24,25)4/h5,7,17-25,27H,6,8-16H2,1-4H3. The highest BCUT2D eigenvalue weighted by atomic mass is 16.3. The van der Waals surface area contributed by atoms with Gasteiger partial charge in [-0.05, 0) is 117 Å². The first-order valence-electron chi connectivity index (χ1n) is 12.2. The van der Waals surface area contributed by atoms with Gasteiger partial charge in [-0.25, -0.2) is 0 Å².